The summed E-state index contributed by atoms with van der Waals surface area (Å²) in [6.07, 6.45) is 1.23. The Labute approximate surface area is 101 Å². The number of aliphatic hydroxyl groups excluding tert-OH is 1. The maximum absolute atomic E-state index is 10.8. The minimum Gasteiger partial charge on any atom is -0.392 e. The van der Waals surface area contributed by atoms with Gasteiger partial charge in [0.1, 0.15) is 0 Å². The van der Waals surface area contributed by atoms with Crippen molar-refractivity contribution in [3.63, 3.8) is 0 Å². The first kappa shape index (κ1) is 13.6. The second-order valence-corrected chi connectivity index (χ2v) is 5.31. The number of hydrogen-bond acceptors (Lipinski definition) is 4. The summed E-state index contributed by atoms with van der Waals surface area (Å²) in [6.45, 7) is 7.40. The SMILES string of the molecule is Cc1cnc(CC(O)C(C)(C)C)cc1[N+](=O)[O-]. The van der Waals surface area contributed by atoms with Gasteiger partial charge in [0.15, 0.2) is 0 Å². The van der Waals surface area contributed by atoms with Crippen LogP contribution in [0.15, 0.2) is 12.3 Å². The number of aliphatic hydroxyl groups is 1. The van der Waals surface area contributed by atoms with Crippen LogP contribution in [0.2, 0.25) is 0 Å². The van der Waals surface area contributed by atoms with E-state index in [-0.39, 0.29) is 11.1 Å². The monoisotopic (exact) mass is 238 g/mol. The highest BCUT2D eigenvalue weighted by Gasteiger charge is 2.23. The fourth-order valence-corrected chi connectivity index (χ4v) is 1.37. The number of pyridine rings is 1. The van der Waals surface area contributed by atoms with Gasteiger partial charge in [0.05, 0.1) is 11.0 Å². The standard InChI is InChI=1S/C12H18N2O3/c1-8-7-13-9(5-10(8)14(16)17)6-11(15)12(2,3)4/h5,7,11,15H,6H2,1-4H3. The van der Waals surface area contributed by atoms with E-state index in [1.54, 1.807) is 6.92 Å². The van der Waals surface area contributed by atoms with Crippen LogP contribution in [0.3, 0.4) is 0 Å². The smallest absolute Gasteiger partial charge is 0.275 e. The van der Waals surface area contributed by atoms with Crippen LogP contribution in [-0.2, 0) is 6.42 Å². The minimum atomic E-state index is -0.572. The lowest BCUT2D eigenvalue weighted by atomic mass is 9.86. The van der Waals surface area contributed by atoms with E-state index in [1.807, 2.05) is 20.8 Å². The van der Waals surface area contributed by atoms with Crippen molar-refractivity contribution in [2.45, 2.75) is 40.2 Å². The summed E-state index contributed by atoms with van der Waals surface area (Å²) in [4.78, 5) is 14.5. The van der Waals surface area contributed by atoms with E-state index < -0.39 is 11.0 Å². The van der Waals surface area contributed by atoms with Crippen LogP contribution in [0.4, 0.5) is 5.69 Å². The zero-order valence-corrected chi connectivity index (χ0v) is 10.6. The molecule has 0 radical (unpaired) electrons. The van der Waals surface area contributed by atoms with Crippen molar-refractivity contribution >= 4 is 5.69 Å². The molecule has 1 unspecified atom stereocenters. The summed E-state index contributed by atoms with van der Waals surface area (Å²) < 4.78 is 0. The fourth-order valence-electron chi connectivity index (χ4n) is 1.37. The number of aryl methyl sites for hydroxylation is 1. The van der Waals surface area contributed by atoms with Gasteiger partial charge in [-0.1, -0.05) is 20.8 Å². The van der Waals surface area contributed by atoms with E-state index in [1.165, 1.54) is 12.3 Å². The molecule has 0 saturated heterocycles. The maximum Gasteiger partial charge on any atom is 0.275 e. The van der Waals surface area contributed by atoms with Crippen LogP contribution in [0.1, 0.15) is 32.0 Å². The van der Waals surface area contributed by atoms with Gasteiger partial charge in [0.25, 0.3) is 5.69 Å². The number of rotatable bonds is 3. The molecule has 0 spiro atoms. The minimum absolute atomic E-state index is 0.0520. The van der Waals surface area contributed by atoms with Crippen molar-refractivity contribution < 1.29 is 10.0 Å². The molecule has 0 saturated carbocycles. The molecule has 17 heavy (non-hydrogen) atoms. The number of nitro groups is 1. The topological polar surface area (TPSA) is 76.3 Å². The Morgan fingerprint density at radius 2 is 2.12 bits per heavy atom. The van der Waals surface area contributed by atoms with Crippen LogP contribution in [0.5, 0.6) is 0 Å². The molecule has 5 nitrogen and oxygen atoms in total. The van der Waals surface area contributed by atoms with E-state index in [4.69, 9.17) is 0 Å². The molecule has 0 amide bonds. The molecule has 0 aliphatic carbocycles. The molecule has 94 valence electrons. The summed E-state index contributed by atoms with van der Waals surface area (Å²) in [5.74, 6) is 0. The highest BCUT2D eigenvalue weighted by Crippen LogP contribution is 2.24. The van der Waals surface area contributed by atoms with E-state index in [0.29, 0.717) is 17.7 Å². The molecule has 0 bridgehead atoms. The van der Waals surface area contributed by atoms with Crippen LogP contribution in [-0.4, -0.2) is 21.1 Å². The van der Waals surface area contributed by atoms with Gasteiger partial charge in [-0.25, -0.2) is 0 Å². The second kappa shape index (κ2) is 4.79. The lowest BCUT2D eigenvalue weighted by Crippen LogP contribution is -2.28. The van der Waals surface area contributed by atoms with Crippen molar-refractivity contribution in [1.82, 2.24) is 4.98 Å². The van der Waals surface area contributed by atoms with Gasteiger partial charge in [-0.3, -0.25) is 15.1 Å². The molecule has 1 aromatic rings. The Morgan fingerprint density at radius 1 is 1.53 bits per heavy atom. The number of aromatic nitrogens is 1. The average molecular weight is 238 g/mol. The highest BCUT2D eigenvalue weighted by atomic mass is 16.6. The third-order valence-electron chi connectivity index (χ3n) is 2.73. The quantitative estimate of drug-likeness (QED) is 0.647. The lowest BCUT2D eigenvalue weighted by molar-refractivity contribution is -0.385. The summed E-state index contributed by atoms with van der Waals surface area (Å²) in [6, 6.07) is 1.43. The molecular formula is C12H18N2O3. The van der Waals surface area contributed by atoms with Crippen molar-refractivity contribution in [2.24, 2.45) is 5.41 Å². The first-order valence-electron chi connectivity index (χ1n) is 5.50. The Kier molecular flexibility index (Phi) is 3.83. The largest absolute Gasteiger partial charge is 0.392 e. The van der Waals surface area contributed by atoms with Crippen molar-refractivity contribution in [3.8, 4) is 0 Å². The first-order valence-corrected chi connectivity index (χ1v) is 5.50. The molecular weight excluding hydrogens is 220 g/mol. The fraction of sp³-hybridized carbons (Fsp3) is 0.583. The normalized spacial score (nSPS) is 13.5. The van der Waals surface area contributed by atoms with E-state index >= 15 is 0 Å². The molecule has 1 heterocycles. The van der Waals surface area contributed by atoms with Crippen LogP contribution < -0.4 is 0 Å². The maximum atomic E-state index is 10.8. The summed E-state index contributed by atoms with van der Waals surface area (Å²) in [5, 5.41) is 20.7. The molecule has 0 aliphatic rings. The number of hydrogen-bond donors (Lipinski definition) is 1. The zero-order chi connectivity index (χ0) is 13.2. The van der Waals surface area contributed by atoms with E-state index in [0.717, 1.165) is 0 Å². The third kappa shape index (κ3) is 3.49. The second-order valence-electron chi connectivity index (χ2n) is 5.31. The summed E-state index contributed by atoms with van der Waals surface area (Å²) in [7, 11) is 0. The van der Waals surface area contributed by atoms with Gasteiger partial charge >= 0.3 is 0 Å². The molecule has 0 aliphatic heterocycles. The molecule has 1 N–H and O–H groups in total. The van der Waals surface area contributed by atoms with Crippen LogP contribution in [0.25, 0.3) is 0 Å². The molecule has 0 aromatic carbocycles. The molecule has 1 rings (SSSR count). The van der Waals surface area contributed by atoms with Crippen molar-refractivity contribution in [1.29, 1.82) is 0 Å². The molecule has 0 fully saturated rings. The summed E-state index contributed by atoms with van der Waals surface area (Å²) in [5.41, 5.74) is 0.867. The first-order chi connectivity index (χ1) is 7.71. The Hall–Kier alpha value is -1.49. The molecule has 5 heteroatoms. The van der Waals surface area contributed by atoms with Crippen molar-refractivity contribution in [3.05, 3.63) is 33.6 Å². The molecule has 1 aromatic heterocycles. The lowest BCUT2D eigenvalue weighted by Gasteiger charge is -2.25. The predicted octanol–water partition coefficient (Wildman–Crippen LogP) is 2.25. The Morgan fingerprint density at radius 3 is 2.59 bits per heavy atom. The average Bonchev–Trinajstić information content (AvgIpc) is 2.19. The Balaban J connectivity index is 2.94. The number of nitrogens with zero attached hydrogens (tertiary/aromatic N) is 2. The van der Waals surface area contributed by atoms with E-state index in [9.17, 15) is 15.2 Å². The van der Waals surface area contributed by atoms with Crippen LogP contribution >= 0.6 is 0 Å². The van der Waals surface area contributed by atoms with Gasteiger partial charge in [-0.15, -0.1) is 0 Å². The van der Waals surface area contributed by atoms with Gasteiger partial charge in [-0.05, 0) is 12.3 Å². The van der Waals surface area contributed by atoms with Gasteiger partial charge in [-0.2, -0.15) is 0 Å². The van der Waals surface area contributed by atoms with Crippen LogP contribution in [0, 0.1) is 22.5 Å². The van der Waals surface area contributed by atoms with Crippen molar-refractivity contribution in [2.75, 3.05) is 0 Å². The van der Waals surface area contributed by atoms with Gasteiger partial charge in [0.2, 0.25) is 0 Å². The van der Waals surface area contributed by atoms with Gasteiger partial charge < -0.3 is 5.11 Å². The Bertz CT molecular complexity index is 424. The van der Waals surface area contributed by atoms with E-state index in [2.05, 4.69) is 4.98 Å². The zero-order valence-electron chi connectivity index (χ0n) is 10.6. The third-order valence-corrected chi connectivity index (χ3v) is 2.73. The highest BCUT2D eigenvalue weighted by molar-refractivity contribution is 5.38. The molecule has 1 atom stereocenters. The summed E-state index contributed by atoms with van der Waals surface area (Å²) >= 11 is 0. The predicted molar refractivity (Wildman–Crippen MR) is 64.8 cm³/mol. The van der Waals surface area contributed by atoms with Gasteiger partial charge in [0, 0.05) is 29.9 Å².